The molecule has 0 saturated heterocycles. The van der Waals surface area contributed by atoms with E-state index in [9.17, 15) is 14.7 Å². The first kappa shape index (κ1) is 22.3. The van der Waals surface area contributed by atoms with Crippen molar-refractivity contribution in [3.8, 4) is 5.75 Å². The van der Waals surface area contributed by atoms with Gasteiger partial charge < -0.3 is 15.2 Å². The van der Waals surface area contributed by atoms with E-state index in [1.54, 1.807) is 30.3 Å². The molecule has 0 heterocycles. The number of ether oxygens (including phenoxy) is 1. The van der Waals surface area contributed by atoms with Crippen LogP contribution in [0.1, 0.15) is 41.0 Å². The van der Waals surface area contributed by atoms with Gasteiger partial charge in [-0.25, -0.2) is 4.79 Å². The summed E-state index contributed by atoms with van der Waals surface area (Å²) in [5, 5.41) is 14.6. The van der Waals surface area contributed by atoms with E-state index in [0.29, 0.717) is 20.3 Å². The number of thiocarbonyl (C=S) groups is 1. The second kappa shape index (κ2) is 9.99. The maximum Gasteiger partial charge on any atom is 0.337 e. The Morgan fingerprint density at radius 1 is 1.21 bits per heavy atom. The number of carboxylic acid groups (broad SMARTS) is 1. The molecule has 1 atom stereocenters. The van der Waals surface area contributed by atoms with E-state index in [2.05, 4.69) is 42.5 Å². The molecule has 0 aromatic heterocycles. The lowest BCUT2D eigenvalue weighted by molar-refractivity contribution is 0.0697. The van der Waals surface area contributed by atoms with Crippen molar-refractivity contribution in [2.75, 3.05) is 5.32 Å². The predicted octanol–water partition coefficient (Wildman–Crippen LogP) is 5.21. The summed E-state index contributed by atoms with van der Waals surface area (Å²) in [5.41, 5.74) is 0.650. The standard InChI is InChI=1S/C19H18Br2N2O4S/c1-3-10(2)27-13-6-4-11(5-7-13)17(24)23-19(28)22-16-14(18(25)26)8-12(20)9-15(16)21/h4-10H,3H2,1-2H3,(H,25,26)(H2,22,23,24,28)/t10-/m0/s1. The highest BCUT2D eigenvalue weighted by Crippen LogP contribution is 2.31. The number of benzene rings is 2. The highest BCUT2D eigenvalue weighted by atomic mass is 79.9. The van der Waals surface area contributed by atoms with Gasteiger partial charge in [0.15, 0.2) is 5.11 Å². The smallest absolute Gasteiger partial charge is 0.337 e. The van der Waals surface area contributed by atoms with Gasteiger partial charge in [0.1, 0.15) is 5.75 Å². The molecule has 0 aliphatic rings. The van der Waals surface area contributed by atoms with Crippen LogP contribution in [0.25, 0.3) is 0 Å². The quantitative estimate of drug-likeness (QED) is 0.445. The summed E-state index contributed by atoms with van der Waals surface area (Å²) in [7, 11) is 0. The third-order valence-corrected chi connectivity index (χ3v) is 5.07. The number of carbonyl (C=O) groups is 2. The molecular weight excluding hydrogens is 512 g/mol. The molecule has 2 aromatic rings. The monoisotopic (exact) mass is 528 g/mol. The zero-order chi connectivity index (χ0) is 20.8. The summed E-state index contributed by atoms with van der Waals surface area (Å²) in [6.45, 7) is 4.00. The number of nitrogens with one attached hydrogen (secondary N) is 2. The number of carboxylic acids is 1. The van der Waals surface area contributed by atoms with Crippen molar-refractivity contribution in [1.29, 1.82) is 0 Å². The lowest BCUT2D eigenvalue weighted by Gasteiger charge is -2.15. The number of anilines is 1. The molecule has 0 saturated carbocycles. The van der Waals surface area contributed by atoms with Crippen LogP contribution in [0.4, 0.5) is 5.69 Å². The van der Waals surface area contributed by atoms with Crippen molar-refractivity contribution < 1.29 is 19.4 Å². The molecule has 28 heavy (non-hydrogen) atoms. The third kappa shape index (κ3) is 6.02. The topological polar surface area (TPSA) is 87.7 Å². The molecule has 0 radical (unpaired) electrons. The maximum absolute atomic E-state index is 12.4. The first-order valence-corrected chi connectivity index (χ1v) is 10.3. The molecule has 0 aliphatic carbocycles. The van der Waals surface area contributed by atoms with Crippen molar-refractivity contribution in [2.45, 2.75) is 26.4 Å². The highest BCUT2D eigenvalue weighted by molar-refractivity contribution is 9.11. The second-order valence-corrected chi connectivity index (χ2v) is 8.06. The van der Waals surface area contributed by atoms with Crippen LogP contribution in [0.3, 0.4) is 0 Å². The first-order valence-electron chi connectivity index (χ1n) is 8.32. The minimum Gasteiger partial charge on any atom is -0.491 e. The van der Waals surface area contributed by atoms with Gasteiger partial charge in [-0.05, 0) is 77.9 Å². The SMILES string of the molecule is CC[C@H](C)Oc1ccc(C(=O)NC(=S)Nc2c(Br)cc(Br)cc2C(=O)O)cc1. The number of halogens is 2. The molecule has 2 rings (SSSR count). The van der Waals surface area contributed by atoms with Gasteiger partial charge in [-0.3, -0.25) is 10.1 Å². The Bertz CT molecular complexity index is 904. The number of hydrogen-bond donors (Lipinski definition) is 3. The van der Waals surface area contributed by atoms with Crippen LogP contribution >= 0.6 is 44.1 Å². The van der Waals surface area contributed by atoms with Crippen LogP contribution in [-0.4, -0.2) is 28.2 Å². The van der Waals surface area contributed by atoms with Gasteiger partial charge in [0.2, 0.25) is 0 Å². The van der Waals surface area contributed by atoms with Crippen LogP contribution in [0.15, 0.2) is 45.3 Å². The molecule has 0 unspecified atom stereocenters. The second-order valence-electron chi connectivity index (χ2n) is 5.88. The van der Waals surface area contributed by atoms with E-state index in [-0.39, 0.29) is 22.5 Å². The number of amides is 1. The van der Waals surface area contributed by atoms with Crippen molar-refractivity contribution in [3.63, 3.8) is 0 Å². The Morgan fingerprint density at radius 2 is 1.86 bits per heavy atom. The minimum atomic E-state index is -1.13. The summed E-state index contributed by atoms with van der Waals surface area (Å²) >= 11 is 11.7. The first-order chi connectivity index (χ1) is 13.2. The summed E-state index contributed by atoms with van der Waals surface area (Å²) in [4.78, 5) is 23.8. The molecule has 0 aliphatic heterocycles. The molecule has 1 amide bonds. The average molecular weight is 530 g/mol. The highest BCUT2D eigenvalue weighted by Gasteiger charge is 2.17. The fraction of sp³-hybridized carbons (Fsp3) is 0.211. The Hall–Kier alpha value is -1.97. The molecule has 9 heteroatoms. The van der Waals surface area contributed by atoms with Crippen LogP contribution < -0.4 is 15.4 Å². The van der Waals surface area contributed by atoms with Crippen molar-refractivity contribution in [3.05, 3.63) is 56.5 Å². The lowest BCUT2D eigenvalue weighted by atomic mass is 10.2. The number of aromatic carboxylic acids is 1. The fourth-order valence-corrected chi connectivity index (χ4v) is 3.71. The summed E-state index contributed by atoms with van der Waals surface area (Å²) in [6, 6.07) is 9.81. The zero-order valence-electron chi connectivity index (χ0n) is 15.1. The van der Waals surface area contributed by atoms with E-state index in [4.69, 9.17) is 17.0 Å². The Morgan fingerprint density at radius 3 is 2.43 bits per heavy atom. The Labute approximate surface area is 184 Å². The largest absolute Gasteiger partial charge is 0.491 e. The third-order valence-electron chi connectivity index (χ3n) is 3.78. The minimum absolute atomic E-state index is 0.00407. The van der Waals surface area contributed by atoms with Gasteiger partial charge >= 0.3 is 5.97 Å². The number of hydrogen-bond acceptors (Lipinski definition) is 4. The molecule has 3 N–H and O–H groups in total. The van der Waals surface area contributed by atoms with Gasteiger partial charge in [-0.15, -0.1) is 0 Å². The molecular formula is C19H18Br2N2O4S. The predicted molar refractivity (Wildman–Crippen MR) is 119 cm³/mol. The molecule has 0 fully saturated rings. The van der Waals surface area contributed by atoms with Gasteiger partial charge in [-0.1, -0.05) is 22.9 Å². The summed E-state index contributed by atoms with van der Waals surface area (Å²) in [6.07, 6.45) is 0.968. The average Bonchev–Trinajstić information content (AvgIpc) is 2.63. The summed E-state index contributed by atoms with van der Waals surface area (Å²) in [5.74, 6) is -0.871. The van der Waals surface area contributed by atoms with Crippen molar-refractivity contribution in [2.24, 2.45) is 0 Å². The normalized spacial score (nSPS) is 11.4. The van der Waals surface area contributed by atoms with E-state index < -0.39 is 11.9 Å². The van der Waals surface area contributed by atoms with Crippen LogP contribution in [0.5, 0.6) is 5.75 Å². The van der Waals surface area contributed by atoms with Crippen molar-refractivity contribution >= 4 is 66.8 Å². The lowest BCUT2D eigenvalue weighted by Crippen LogP contribution is -2.34. The van der Waals surface area contributed by atoms with Gasteiger partial charge in [0.25, 0.3) is 5.91 Å². The van der Waals surface area contributed by atoms with Crippen LogP contribution in [0.2, 0.25) is 0 Å². The van der Waals surface area contributed by atoms with Crippen LogP contribution in [-0.2, 0) is 0 Å². The van der Waals surface area contributed by atoms with E-state index in [1.807, 2.05) is 13.8 Å². The zero-order valence-corrected chi connectivity index (χ0v) is 19.1. The molecule has 0 spiro atoms. The molecule has 2 aromatic carbocycles. The maximum atomic E-state index is 12.4. The Kier molecular flexibility index (Phi) is 7.97. The van der Waals surface area contributed by atoms with E-state index >= 15 is 0 Å². The van der Waals surface area contributed by atoms with E-state index in [0.717, 1.165) is 6.42 Å². The number of carbonyl (C=O) groups excluding carboxylic acids is 1. The molecule has 148 valence electrons. The van der Waals surface area contributed by atoms with Gasteiger partial charge in [0.05, 0.1) is 17.4 Å². The van der Waals surface area contributed by atoms with Gasteiger partial charge in [-0.2, -0.15) is 0 Å². The number of rotatable bonds is 6. The Balaban J connectivity index is 2.07. The van der Waals surface area contributed by atoms with Crippen LogP contribution in [0, 0.1) is 0 Å². The summed E-state index contributed by atoms with van der Waals surface area (Å²) < 4.78 is 6.77. The fourth-order valence-electron chi connectivity index (χ4n) is 2.19. The molecule has 0 bridgehead atoms. The van der Waals surface area contributed by atoms with E-state index in [1.165, 1.54) is 6.07 Å². The molecule has 6 nitrogen and oxygen atoms in total. The van der Waals surface area contributed by atoms with Crippen molar-refractivity contribution in [1.82, 2.24) is 5.32 Å². The van der Waals surface area contributed by atoms with Gasteiger partial charge in [0, 0.05) is 14.5 Å².